The summed E-state index contributed by atoms with van der Waals surface area (Å²) in [5.41, 5.74) is 4.29. The number of anilines is 2. The molecule has 0 saturated carbocycles. The van der Waals surface area contributed by atoms with Gasteiger partial charge in [-0.05, 0) is 23.8 Å². The van der Waals surface area contributed by atoms with E-state index in [0.29, 0.717) is 0 Å². The highest BCUT2D eigenvalue weighted by molar-refractivity contribution is 6.52. The average molecular weight is 228 g/mol. The molecule has 2 heteroatoms. The second kappa shape index (κ2) is 3.69. The van der Waals surface area contributed by atoms with Crippen molar-refractivity contribution in [3.05, 3.63) is 59.7 Å². The van der Waals surface area contributed by atoms with Crippen molar-refractivity contribution < 1.29 is 0 Å². The fourth-order valence-corrected chi connectivity index (χ4v) is 2.18. The first-order valence-electron chi connectivity index (χ1n) is 5.17. The Hall–Kier alpha value is -1.73. The zero-order valence-corrected chi connectivity index (χ0v) is 9.33. The number of fused-ring (bicyclic) bond motifs is 2. The summed E-state index contributed by atoms with van der Waals surface area (Å²) >= 11 is 6.30. The summed E-state index contributed by atoms with van der Waals surface area (Å²) in [7, 11) is 0. The van der Waals surface area contributed by atoms with Crippen molar-refractivity contribution >= 4 is 34.1 Å². The monoisotopic (exact) mass is 227 g/mol. The van der Waals surface area contributed by atoms with Gasteiger partial charge in [0.05, 0.1) is 5.03 Å². The van der Waals surface area contributed by atoms with E-state index >= 15 is 0 Å². The topological polar surface area (TPSA) is 12.0 Å². The molecule has 78 valence electrons. The smallest absolute Gasteiger partial charge is 0.0505 e. The maximum absolute atomic E-state index is 6.30. The molecule has 1 nitrogen and oxygen atoms in total. The molecule has 16 heavy (non-hydrogen) atoms. The molecular weight excluding hydrogens is 218 g/mol. The van der Waals surface area contributed by atoms with Crippen LogP contribution in [0.5, 0.6) is 0 Å². The molecule has 0 aliphatic carbocycles. The number of halogens is 1. The van der Waals surface area contributed by atoms with Crippen LogP contribution in [0.4, 0.5) is 11.4 Å². The Morgan fingerprint density at radius 2 is 1.50 bits per heavy atom. The van der Waals surface area contributed by atoms with E-state index in [2.05, 4.69) is 17.4 Å². The molecule has 0 unspecified atom stereocenters. The first-order valence-corrected chi connectivity index (χ1v) is 5.55. The quantitative estimate of drug-likeness (QED) is 0.700. The van der Waals surface area contributed by atoms with Gasteiger partial charge in [-0.2, -0.15) is 0 Å². The molecule has 2 aromatic rings. The van der Waals surface area contributed by atoms with Crippen molar-refractivity contribution in [3.8, 4) is 0 Å². The zero-order valence-electron chi connectivity index (χ0n) is 8.57. The van der Waals surface area contributed by atoms with Gasteiger partial charge < -0.3 is 5.32 Å². The fraction of sp³-hybridized carbons (Fsp3) is 0. The first-order chi connectivity index (χ1) is 7.84. The molecule has 0 aromatic heterocycles. The van der Waals surface area contributed by atoms with E-state index in [1.54, 1.807) is 0 Å². The molecule has 0 atom stereocenters. The Labute approximate surface area is 99.4 Å². The zero-order chi connectivity index (χ0) is 11.0. The summed E-state index contributed by atoms with van der Waals surface area (Å²) in [6.07, 6.45) is 2.00. The molecule has 1 aliphatic rings. The largest absolute Gasteiger partial charge is 0.355 e. The summed E-state index contributed by atoms with van der Waals surface area (Å²) in [6, 6.07) is 16.2. The summed E-state index contributed by atoms with van der Waals surface area (Å²) in [6.45, 7) is 0. The summed E-state index contributed by atoms with van der Waals surface area (Å²) < 4.78 is 0. The van der Waals surface area contributed by atoms with E-state index in [-0.39, 0.29) is 0 Å². The average Bonchev–Trinajstić information content (AvgIpc) is 2.45. The minimum absolute atomic E-state index is 0.771. The maximum atomic E-state index is 6.30. The molecule has 3 rings (SSSR count). The van der Waals surface area contributed by atoms with Crippen LogP contribution < -0.4 is 5.32 Å². The van der Waals surface area contributed by atoms with Gasteiger partial charge in [-0.15, -0.1) is 0 Å². The van der Waals surface area contributed by atoms with Gasteiger partial charge in [0.25, 0.3) is 0 Å². The minimum Gasteiger partial charge on any atom is -0.355 e. The van der Waals surface area contributed by atoms with Crippen LogP contribution in [0.15, 0.2) is 48.5 Å². The molecule has 0 radical (unpaired) electrons. The lowest BCUT2D eigenvalue weighted by Gasteiger charge is -2.09. The Balaban J connectivity index is 2.25. The number of nitrogens with one attached hydrogen (secondary N) is 1. The predicted octanol–water partition coefficient (Wildman–Crippen LogP) is 4.48. The number of rotatable bonds is 0. The first kappa shape index (κ1) is 9.49. The van der Waals surface area contributed by atoms with E-state index in [1.165, 1.54) is 0 Å². The van der Waals surface area contributed by atoms with Gasteiger partial charge in [-0.3, -0.25) is 0 Å². The molecule has 1 aliphatic heterocycles. The van der Waals surface area contributed by atoms with Gasteiger partial charge in [0.2, 0.25) is 0 Å². The summed E-state index contributed by atoms with van der Waals surface area (Å²) in [5, 5.41) is 4.17. The van der Waals surface area contributed by atoms with Crippen molar-refractivity contribution in [1.82, 2.24) is 0 Å². The van der Waals surface area contributed by atoms with Crippen LogP contribution in [-0.2, 0) is 0 Å². The van der Waals surface area contributed by atoms with Crippen LogP contribution in [0.2, 0.25) is 0 Å². The lowest BCUT2D eigenvalue weighted by Crippen LogP contribution is -1.92. The number of hydrogen-bond acceptors (Lipinski definition) is 1. The number of hydrogen-bond donors (Lipinski definition) is 1. The van der Waals surface area contributed by atoms with Crippen LogP contribution in [0.25, 0.3) is 11.1 Å². The van der Waals surface area contributed by atoms with Gasteiger partial charge in [-0.1, -0.05) is 48.0 Å². The highest BCUT2D eigenvalue weighted by Crippen LogP contribution is 2.36. The predicted molar refractivity (Wildman–Crippen MR) is 69.9 cm³/mol. The van der Waals surface area contributed by atoms with E-state index in [4.69, 9.17) is 11.6 Å². The van der Waals surface area contributed by atoms with Gasteiger partial charge in [0.15, 0.2) is 0 Å². The molecule has 1 N–H and O–H groups in total. The van der Waals surface area contributed by atoms with E-state index < -0.39 is 0 Å². The maximum Gasteiger partial charge on any atom is 0.0505 e. The SMILES string of the molecule is ClC1=Cc2ccccc2Nc2ccccc21. The molecule has 0 bridgehead atoms. The molecular formula is C14H10ClN. The van der Waals surface area contributed by atoms with Gasteiger partial charge in [0.1, 0.15) is 0 Å². The Morgan fingerprint density at radius 1 is 0.812 bits per heavy atom. The highest BCUT2D eigenvalue weighted by Gasteiger charge is 2.11. The molecule has 0 fully saturated rings. The van der Waals surface area contributed by atoms with Crippen molar-refractivity contribution in [1.29, 1.82) is 0 Å². The van der Waals surface area contributed by atoms with Crippen molar-refractivity contribution in [2.75, 3.05) is 5.32 Å². The second-order valence-electron chi connectivity index (χ2n) is 3.75. The number of para-hydroxylation sites is 2. The van der Waals surface area contributed by atoms with E-state index in [1.807, 2.05) is 42.5 Å². The van der Waals surface area contributed by atoms with Gasteiger partial charge >= 0.3 is 0 Å². The fourth-order valence-electron chi connectivity index (χ4n) is 1.90. The van der Waals surface area contributed by atoms with E-state index in [9.17, 15) is 0 Å². The summed E-state index contributed by atoms with van der Waals surface area (Å²) in [5.74, 6) is 0. The second-order valence-corrected chi connectivity index (χ2v) is 4.16. The molecule has 1 heterocycles. The molecule has 0 spiro atoms. The van der Waals surface area contributed by atoms with Crippen molar-refractivity contribution in [2.24, 2.45) is 0 Å². The van der Waals surface area contributed by atoms with Crippen molar-refractivity contribution in [2.45, 2.75) is 0 Å². The Morgan fingerprint density at radius 3 is 2.38 bits per heavy atom. The highest BCUT2D eigenvalue weighted by atomic mass is 35.5. The minimum atomic E-state index is 0.771. The third-order valence-electron chi connectivity index (χ3n) is 2.70. The molecule has 0 amide bonds. The lowest BCUT2D eigenvalue weighted by molar-refractivity contribution is 1.53. The van der Waals surface area contributed by atoms with Crippen LogP contribution in [0, 0.1) is 0 Å². The molecule has 2 aromatic carbocycles. The van der Waals surface area contributed by atoms with Crippen LogP contribution >= 0.6 is 11.6 Å². The third-order valence-corrected chi connectivity index (χ3v) is 3.01. The standard InChI is InChI=1S/C14H10ClN/c15-12-9-10-5-1-3-7-13(10)16-14-8-4-2-6-11(12)14/h1-9,16H. The van der Waals surface area contributed by atoms with Crippen LogP contribution in [-0.4, -0.2) is 0 Å². The molecule has 0 saturated heterocycles. The van der Waals surface area contributed by atoms with Crippen LogP contribution in [0.3, 0.4) is 0 Å². The van der Waals surface area contributed by atoms with E-state index in [0.717, 1.165) is 27.5 Å². The third kappa shape index (κ3) is 1.50. The van der Waals surface area contributed by atoms with Crippen molar-refractivity contribution in [3.63, 3.8) is 0 Å². The Kier molecular flexibility index (Phi) is 2.19. The van der Waals surface area contributed by atoms with Gasteiger partial charge in [0, 0.05) is 16.9 Å². The summed E-state index contributed by atoms with van der Waals surface area (Å²) in [4.78, 5) is 0. The Bertz CT molecular complexity index is 572. The normalized spacial score (nSPS) is 12.9. The number of benzene rings is 2. The lowest BCUT2D eigenvalue weighted by atomic mass is 10.1. The van der Waals surface area contributed by atoms with Crippen LogP contribution in [0.1, 0.15) is 11.1 Å². The van der Waals surface area contributed by atoms with Gasteiger partial charge in [-0.25, -0.2) is 0 Å².